The van der Waals surface area contributed by atoms with Crippen molar-refractivity contribution >= 4 is 19.8 Å². The molecule has 0 bridgehead atoms. The average Bonchev–Trinajstić information content (AvgIpc) is 3.15. The predicted octanol–water partition coefficient (Wildman–Crippen LogP) is 10.5. The quantitative estimate of drug-likeness (QED) is 0.0182. The molecule has 10 nitrogen and oxygen atoms in total. The second-order valence-corrected chi connectivity index (χ2v) is 14.8. The van der Waals surface area contributed by atoms with Crippen molar-refractivity contribution in [2.75, 3.05) is 26.4 Å². The first-order valence-electron chi connectivity index (χ1n) is 20.5. The lowest BCUT2D eigenvalue weighted by Gasteiger charge is -2.19. The van der Waals surface area contributed by atoms with Gasteiger partial charge in [-0.3, -0.25) is 18.6 Å². The van der Waals surface area contributed by atoms with Crippen molar-refractivity contribution in [1.29, 1.82) is 0 Å². The molecule has 0 saturated carbocycles. The molecule has 0 rings (SSSR count). The van der Waals surface area contributed by atoms with E-state index < -0.39 is 38.6 Å². The van der Waals surface area contributed by atoms with Crippen LogP contribution in [0.1, 0.15) is 149 Å². The summed E-state index contributed by atoms with van der Waals surface area (Å²) in [5, 5.41) is 10.0. The molecule has 0 aliphatic heterocycles. The molecule has 0 amide bonds. The molecule has 0 aromatic heterocycles. The Morgan fingerprint density at radius 2 is 1.20 bits per heavy atom. The van der Waals surface area contributed by atoms with Crippen LogP contribution in [0.5, 0.6) is 0 Å². The Bertz CT molecular complexity index is 1130. The first-order valence-corrected chi connectivity index (χ1v) is 22.0. The Labute approximate surface area is 327 Å². The van der Waals surface area contributed by atoms with Crippen molar-refractivity contribution in [2.24, 2.45) is 5.73 Å². The first kappa shape index (κ1) is 51.4. The van der Waals surface area contributed by atoms with Gasteiger partial charge in [-0.15, -0.1) is 0 Å². The van der Waals surface area contributed by atoms with Gasteiger partial charge in [-0.2, -0.15) is 0 Å². The maximum Gasteiger partial charge on any atom is 0.472 e. The Morgan fingerprint density at radius 3 is 1.85 bits per heavy atom. The maximum absolute atomic E-state index is 12.5. The summed E-state index contributed by atoms with van der Waals surface area (Å²) in [6.07, 6.45) is 42.5. The summed E-state index contributed by atoms with van der Waals surface area (Å²) >= 11 is 0. The van der Waals surface area contributed by atoms with Gasteiger partial charge in [0.2, 0.25) is 0 Å². The van der Waals surface area contributed by atoms with E-state index in [0.29, 0.717) is 25.7 Å². The van der Waals surface area contributed by atoms with Gasteiger partial charge in [0.15, 0.2) is 6.10 Å². The molecule has 0 radical (unpaired) electrons. The summed E-state index contributed by atoms with van der Waals surface area (Å²) < 4.78 is 32.6. The molecule has 0 heterocycles. The second-order valence-electron chi connectivity index (χ2n) is 13.3. The highest BCUT2D eigenvalue weighted by molar-refractivity contribution is 7.47. The van der Waals surface area contributed by atoms with Crippen molar-refractivity contribution < 1.29 is 42.7 Å². The largest absolute Gasteiger partial charge is 0.472 e. The van der Waals surface area contributed by atoms with E-state index in [1.807, 2.05) is 36.5 Å². The molecule has 4 N–H and O–H groups in total. The van der Waals surface area contributed by atoms with Crippen LogP contribution in [0.25, 0.3) is 0 Å². The van der Waals surface area contributed by atoms with Gasteiger partial charge in [0, 0.05) is 19.4 Å². The van der Waals surface area contributed by atoms with Crippen molar-refractivity contribution in [2.45, 2.75) is 161 Å². The number of esters is 2. The van der Waals surface area contributed by atoms with E-state index in [1.54, 1.807) is 6.08 Å². The first-order chi connectivity index (χ1) is 26.2. The number of rotatable bonds is 37. The molecule has 0 spiro atoms. The molecular formula is C43H74NO9P. The van der Waals surface area contributed by atoms with Gasteiger partial charge in [0.1, 0.15) is 6.61 Å². The minimum absolute atomic E-state index is 0.0311. The molecule has 54 heavy (non-hydrogen) atoms. The van der Waals surface area contributed by atoms with Crippen molar-refractivity contribution in [3.63, 3.8) is 0 Å². The predicted molar refractivity (Wildman–Crippen MR) is 221 cm³/mol. The van der Waals surface area contributed by atoms with Crippen LogP contribution in [-0.4, -0.2) is 60.5 Å². The van der Waals surface area contributed by atoms with Crippen LogP contribution in [-0.2, 0) is 32.7 Å². The number of allylic oxidation sites excluding steroid dienone is 10. The number of phosphoric ester groups is 1. The zero-order valence-electron chi connectivity index (χ0n) is 33.5. The van der Waals surface area contributed by atoms with E-state index in [0.717, 1.165) is 57.8 Å². The van der Waals surface area contributed by atoms with Crippen LogP contribution < -0.4 is 5.73 Å². The van der Waals surface area contributed by atoms with Gasteiger partial charge in [-0.05, 0) is 77.0 Å². The van der Waals surface area contributed by atoms with E-state index in [1.165, 1.54) is 38.5 Å². The van der Waals surface area contributed by atoms with Crippen LogP contribution in [0.4, 0.5) is 0 Å². The minimum atomic E-state index is -4.41. The summed E-state index contributed by atoms with van der Waals surface area (Å²) in [5.41, 5.74) is 5.33. The van der Waals surface area contributed by atoms with Crippen molar-refractivity contribution in [3.05, 3.63) is 72.9 Å². The monoisotopic (exact) mass is 780 g/mol. The van der Waals surface area contributed by atoms with E-state index in [-0.39, 0.29) is 32.6 Å². The number of hydrogen-bond donors (Lipinski definition) is 3. The molecule has 0 aromatic rings. The zero-order chi connectivity index (χ0) is 39.8. The third kappa shape index (κ3) is 37.7. The fourth-order valence-electron chi connectivity index (χ4n) is 5.03. The highest BCUT2D eigenvalue weighted by atomic mass is 31.2. The number of hydrogen-bond acceptors (Lipinski definition) is 9. The van der Waals surface area contributed by atoms with Crippen molar-refractivity contribution in [3.8, 4) is 0 Å². The fourth-order valence-corrected chi connectivity index (χ4v) is 5.80. The molecule has 0 aliphatic carbocycles. The number of nitrogens with two attached hydrogens (primary N) is 1. The Kier molecular flexibility index (Phi) is 36.8. The number of aliphatic hydroxyl groups is 1. The summed E-state index contributed by atoms with van der Waals surface area (Å²) in [7, 11) is -4.41. The van der Waals surface area contributed by atoms with Gasteiger partial charge in [-0.25, -0.2) is 4.57 Å². The van der Waals surface area contributed by atoms with Gasteiger partial charge >= 0.3 is 19.8 Å². The zero-order valence-corrected chi connectivity index (χ0v) is 34.4. The maximum atomic E-state index is 12.5. The summed E-state index contributed by atoms with van der Waals surface area (Å²) in [4.78, 5) is 34.8. The third-order valence-corrected chi connectivity index (χ3v) is 9.13. The number of ether oxygens (including phenoxy) is 2. The lowest BCUT2D eigenvalue weighted by molar-refractivity contribution is -0.161. The Balaban J connectivity index is 4.39. The van der Waals surface area contributed by atoms with Gasteiger partial charge in [0.25, 0.3) is 0 Å². The highest BCUT2D eigenvalue weighted by Gasteiger charge is 2.25. The standard InChI is InChI=1S/C43H74NO9P/c1-3-5-7-9-11-12-13-14-15-16-17-18-23-27-31-35-43(47)53-41(39-52-54(48,49)51-37-36-44)38-50-42(46)34-30-26-22-20-19-21-25-29-33-40(45)32-28-24-10-8-6-4-2/h11-12,14-15,20-22,24-25,28-29,33,40-41,45H,3-10,13,16-19,23,26-27,30-32,34-39,44H2,1-2H3,(H,48,49)/b12-11-,15-14-,22-20-,25-21-,28-24-,33-29+/t40-,41-/m1/s1. The Morgan fingerprint density at radius 1 is 0.648 bits per heavy atom. The van der Waals surface area contributed by atoms with E-state index >= 15 is 0 Å². The SMILES string of the molecule is CCCCC/C=C\C/C=C\CCCCCCCC(=O)O[C@H](COC(=O)CCC/C=C\C/C=C\C=C\[C@H](O)C/C=C\CCCCC)COP(=O)(O)OCCN. The fraction of sp³-hybridized carbons (Fsp3) is 0.674. The lowest BCUT2D eigenvalue weighted by atomic mass is 10.1. The summed E-state index contributed by atoms with van der Waals surface area (Å²) in [5.74, 6) is -0.957. The van der Waals surface area contributed by atoms with Crippen LogP contribution in [0.3, 0.4) is 0 Å². The molecule has 0 saturated heterocycles. The number of carbonyl (C=O) groups is 2. The van der Waals surface area contributed by atoms with Crippen molar-refractivity contribution in [1.82, 2.24) is 0 Å². The summed E-state index contributed by atoms with van der Waals surface area (Å²) in [6.45, 7) is 3.48. The lowest BCUT2D eigenvalue weighted by Crippen LogP contribution is -2.29. The smallest absolute Gasteiger partial charge is 0.462 e. The minimum Gasteiger partial charge on any atom is -0.462 e. The molecule has 310 valence electrons. The van der Waals surface area contributed by atoms with E-state index in [4.69, 9.17) is 24.3 Å². The number of aliphatic hydroxyl groups excluding tert-OH is 1. The highest BCUT2D eigenvalue weighted by Crippen LogP contribution is 2.43. The second kappa shape index (κ2) is 38.7. The average molecular weight is 780 g/mol. The van der Waals surface area contributed by atoms with Crippen LogP contribution in [0, 0.1) is 0 Å². The van der Waals surface area contributed by atoms with Gasteiger partial charge in [0.05, 0.1) is 19.3 Å². The van der Waals surface area contributed by atoms with E-state index in [9.17, 15) is 24.2 Å². The summed E-state index contributed by atoms with van der Waals surface area (Å²) in [6, 6.07) is 0. The van der Waals surface area contributed by atoms with Crippen LogP contribution in [0.2, 0.25) is 0 Å². The van der Waals surface area contributed by atoms with Gasteiger partial charge < -0.3 is 25.2 Å². The molecule has 0 aliphatic rings. The number of unbranched alkanes of at least 4 members (excludes halogenated alkanes) is 12. The van der Waals surface area contributed by atoms with Gasteiger partial charge in [-0.1, -0.05) is 132 Å². The molecule has 0 aromatic carbocycles. The normalized spacial score (nSPS) is 14.7. The topological polar surface area (TPSA) is 155 Å². The molecule has 11 heteroatoms. The molecular weight excluding hydrogens is 705 g/mol. The van der Waals surface area contributed by atoms with Crippen LogP contribution in [0.15, 0.2) is 72.9 Å². The van der Waals surface area contributed by atoms with E-state index in [2.05, 4.69) is 44.2 Å². The number of phosphoric acid groups is 1. The number of carbonyl (C=O) groups excluding carboxylic acids is 2. The molecule has 1 unspecified atom stereocenters. The molecule has 3 atom stereocenters. The van der Waals surface area contributed by atoms with Crippen LogP contribution >= 0.6 is 7.82 Å². The molecule has 0 fully saturated rings. The third-order valence-electron chi connectivity index (χ3n) is 8.15. The Hall–Kier alpha value is -2.59.